The van der Waals surface area contributed by atoms with Crippen molar-refractivity contribution in [2.75, 3.05) is 37.4 Å². The van der Waals surface area contributed by atoms with E-state index in [1.807, 2.05) is 31.2 Å². The van der Waals surface area contributed by atoms with Crippen LogP contribution in [0.25, 0.3) is 11.1 Å². The molecule has 1 saturated heterocycles. The Morgan fingerprint density at radius 2 is 1.76 bits per heavy atom. The van der Waals surface area contributed by atoms with Crippen LogP contribution in [0.3, 0.4) is 0 Å². The number of hydrogen-bond acceptors (Lipinski definition) is 7. The second-order valence-electron chi connectivity index (χ2n) is 9.44. The highest BCUT2D eigenvalue weighted by molar-refractivity contribution is 5.83. The second kappa shape index (κ2) is 11.7. The number of carbonyl (C=O) groups excluding carboxylic acids is 1. The van der Waals surface area contributed by atoms with Gasteiger partial charge >= 0.3 is 12.1 Å². The molecule has 1 amide bonds. The minimum atomic E-state index is -0.989. The van der Waals surface area contributed by atoms with Crippen LogP contribution in [-0.4, -0.2) is 65.3 Å². The molecule has 4 rings (SSSR count). The van der Waals surface area contributed by atoms with Gasteiger partial charge in [0.15, 0.2) is 0 Å². The fourth-order valence-corrected chi connectivity index (χ4v) is 4.29. The lowest BCUT2D eigenvalue weighted by molar-refractivity contribution is -0.137. The van der Waals surface area contributed by atoms with E-state index in [1.54, 1.807) is 44.6 Å². The van der Waals surface area contributed by atoms with Crippen LogP contribution in [0.4, 0.5) is 16.6 Å². The largest absolute Gasteiger partial charge is 0.480 e. The van der Waals surface area contributed by atoms with Gasteiger partial charge in [-0.2, -0.15) is 4.98 Å². The Morgan fingerprint density at radius 1 is 1.05 bits per heavy atom. The Hall–Kier alpha value is -4.14. The molecule has 0 spiro atoms. The van der Waals surface area contributed by atoms with Crippen molar-refractivity contribution in [3.8, 4) is 16.9 Å². The molecule has 0 bridgehead atoms. The molecule has 2 aromatic carbocycles. The predicted molar refractivity (Wildman–Crippen MR) is 143 cm³/mol. The summed E-state index contributed by atoms with van der Waals surface area (Å²) >= 11 is 0. The van der Waals surface area contributed by atoms with Crippen LogP contribution in [0.2, 0.25) is 0 Å². The first kappa shape index (κ1) is 25.9. The fraction of sp³-hybridized carbons (Fsp3) is 0.357. The van der Waals surface area contributed by atoms with Gasteiger partial charge in [0.05, 0.1) is 0 Å². The summed E-state index contributed by atoms with van der Waals surface area (Å²) in [6.45, 7) is 3.78. The molecule has 37 heavy (non-hydrogen) atoms. The Balaban J connectivity index is 1.61. The third-order valence-corrected chi connectivity index (χ3v) is 6.39. The molecule has 0 radical (unpaired) electrons. The highest BCUT2D eigenvalue weighted by Gasteiger charge is 2.23. The number of piperidine rings is 1. The summed E-state index contributed by atoms with van der Waals surface area (Å²) in [5, 5.41) is 13.3. The number of ether oxygens (including phenoxy) is 1. The van der Waals surface area contributed by atoms with Crippen molar-refractivity contribution in [1.29, 1.82) is 0 Å². The number of carboxylic acid groups (broad SMARTS) is 1. The predicted octanol–water partition coefficient (Wildman–Crippen LogP) is 4.61. The number of amides is 1. The molecular weight excluding hydrogens is 470 g/mol. The van der Waals surface area contributed by atoms with E-state index >= 15 is 0 Å². The topological polar surface area (TPSA) is 108 Å². The summed E-state index contributed by atoms with van der Waals surface area (Å²) in [6.07, 6.45) is 4.89. The molecule has 194 valence electrons. The maximum Gasteiger partial charge on any atom is 0.414 e. The van der Waals surface area contributed by atoms with E-state index in [-0.39, 0.29) is 6.42 Å². The smallest absolute Gasteiger partial charge is 0.414 e. The van der Waals surface area contributed by atoms with Gasteiger partial charge in [0.1, 0.15) is 17.6 Å². The Kier molecular flexibility index (Phi) is 8.22. The molecule has 2 heterocycles. The van der Waals surface area contributed by atoms with E-state index in [1.165, 1.54) is 11.3 Å². The van der Waals surface area contributed by atoms with E-state index in [2.05, 4.69) is 15.2 Å². The number of aromatic nitrogens is 2. The summed E-state index contributed by atoms with van der Waals surface area (Å²) in [6, 6.07) is 13.8. The van der Waals surface area contributed by atoms with Crippen molar-refractivity contribution in [1.82, 2.24) is 14.9 Å². The molecule has 1 atom stereocenters. The molecule has 1 aliphatic rings. The number of hydrogen-bond donors (Lipinski definition) is 2. The monoisotopic (exact) mass is 503 g/mol. The number of aryl methyl sites for hydroxylation is 1. The van der Waals surface area contributed by atoms with Crippen molar-refractivity contribution >= 4 is 23.8 Å². The molecule has 9 nitrogen and oxygen atoms in total. The van der Waals surface area contributed by atoms with Crippen molar-refractivity contribution < 1.29 is 19.4 Å². The van der Waals surface area contributed by atoms with E-state index in [4.69, 9.17) is 9.72 Å². The van der Waals surface area contributed by atoms with E-state index in [9.17, 15) is 14.7 Å². The lowest BCUT2D eigenvalue weighted by atomic mass is 10.0. The summed E-state index contributed by atoms with van der Waals surface area (Å²) in [5.41, 5.74) is 3.55. The number of rotatable bonds is 8. The summed E-state index contributed by atoms with van der Waals surface area (Å²) in [7, 11) is 3.21. The van der Waals surface area contributed by atoms with Crippen LogP contribution < -0.4 is 15.0 Å². The van der Waals surface area contributed by atoms with Crippen LogP contribution in [-0.2, 0) is 11.2 Å². The first-order valence-corrected chi connectivity index (χ1v) is 12.5. The quantitative estimate of drug-likeness (QED) is 0.459. The first-order valence-electron chi connectivity index (χ1n) is 12.5. The highest BCUT2D eigenvalue weighted by atomic mass is 16.6. The van der Waals surface area contributed by atoms with E-state index in [0.717, 1.165) is 48.2 Å². The van der Waals surface area contributed by atoms with Crippen LogP contribution in [0, 0.1) is 6.92 Å². The van der Waals surface area contributed by atoms with Crippen molar-refractivity contribution in [2.45, 2.75) is 38.6 Å². The number of benzene rings is 2. The van der Waals surface area contributed by atoms with Crippen LogP contribution in [0.1, 0.15) is 30.4 Å². The van der Waals surface area contributed by atoms with E-state index in [0.29, 0.717) is 17.5 Å². The third kappa shape index (κ3) is 6.55. The number of anilines is 2. The summed E-state index contributed by atoms with van der Waals surface area (Å²) < 4.78 is 5.26. The maximum absolute atomic E-state index is 12.3. The lowest BCUT2D eigenvalue weighted by Crippen LogP contribution is -2.34. The second-order valence-corrected chi connectivity index (χ2v) is 9.44. The number of nitrogens with zero attached hydrogens (tertiary/aromatic N) is 4. The molecule has 1 aromatic heterocycles. The number of carboxylic acids is 1. The average Bonchev–Trinajstić information content (AvgIpc) is 2.90. The standard InChI is InChI=1S/C28H33N5O4/c1-19-9-5-6-10-22(19)23-18-29-27(33-15-7-4-8-16-33)31-25(23)30-24(26(34)35)17-20-11-13-21(14-12-20)37-28(36)32(2)3/h5-6,9-14,18,24H,4,7-8,15-17H2,1-3H3,(H,34,35)(H,29,30,31)/t24-/m0/s1. The van der Waals surface area contributed by atoms with Crippen LogP contribution in [0.15, 0.2) is 54.7 Å². The molecule has 0 aliphatic carbocycles. The van der Waals surface area contributed by atoms with Crippen molar-refractivity contribution in [3.63, 3.8) is 0 Å². The van der Waals surface area contributed by atoms with Crippen LogP contribution in [0.5, 0.6) is 5.75 Å². The molecule has 1 fully saturated rings. The zero-order chi connectivity index (χ0) is 26.4. The summed E-state index contributed by atoms with van der Waals surface area (Å²) in [5.74, 6) is 0.507. The minimum absolute atomic E-state index is 0.216. The lowest BCUT2D eigenvalue weighted by Gasteiger charge is -2.27. The highest BCUT2D eigenvalue weighted by Crippen LogP contribution is 2.31. The zero-order valence-corrected chi connectivity index (χ0v) is 21.5. The average molecular weight is 504 g/mol. The SMILES string of the molecule is Cc1ccccc1-c1cnc(N2CCCCC2)nc1N[C@@H](Cc1ccc(OC(=O)N(C)C)cc1)C(=O)O. The van der Waals surface area contributed by atoms with Crippen LogP contribution >= 0.6 is 0 Å². The number of aliphatic carboxylic acids is 1. The molecule has 0 unspecified atom stereocenters. The Bertz CT molecular complexity index is 1240. The number of carbonyl (C=O) groups is 2. The summed E-state index contributed by atoms with van der Waals surface area (Å²) in [4.78, 5) is 37.0. The molecular formula is C28H33N5O4. The minimum Gasteiger partial charge on any atom is -0.480 e. The zero-order valence-electron chi connectivity index (χ0n) is 21.5. The van der Waals surface area contributed by atoms with Crippen molar-refractivity contribution in [3.05, 3.63) is 65.9 Å². The van der Waals surface area contributed by atoms with Gasteiger partial charge in [-0.15, -0.1) is 0 Å². The third-order valence-electron chi connectivity index (χ3n) is 6.39. The maximum atomic E-state index is 12.3. The van der Waals surface area contributed by atoms with Gasteiger partial charge in [-0.05, 0) is 55.0 Å². The van der Waals surface area contributed by atoms with Gasteiger partial charge in [0.25, 0.3) is 0 Å². The molecule has 9 heteroatoms. The molecule has 2 N–H and O–H groups in total. The van der Waals surface area contributed by atoms with Gasteiger partial charge in [0.2, 0.25) is 5.95 Å². The van der Waals surface area contributed by atoms with Gasteiger partial charge in [-0.1, -0.05) is 36.4 Å². The van der Waals surface area contributed by atoms with Gasteiger partial charge in [-0.3, -0.25) is 0 Å². The Morgan fingerprint density at radius 3 is 2.41 bits per heavy atom. The van der Waals surface area contributed by atoms with Gasteiger partial charge < -0.3 is 25.0 Å². The van der Waals surface area contributed by atoms with Gasteiger partial charge in [0, 0.05) is 45.4 Å². The molecule has 1 aliphatic heterocycles. The van der Waals surface area contributed by atoms with Crippen molar-refractivity contribution in [2.24, 2.45) is 0 Å². The molecule has 3 aromatic rings. The first-order chi connectivity index (χ1) is 17.8. The number of nitrogens with one attached hydrogen (secondary N) is 1. The van der Waals surface area contributed by atoms with Gasteiger partial charge in [-0.25, -0.2) is 14.6 Å². The van der Waals surface area contributed by atoms with E-state index < -0.39 is 18.1 Å². The fourth-order valence-electron chi connectivity index (χ4n) is 4.29. The molecule has 0 saturated carbocycles. The Labute approximate surface area is 217 Å². The normalized spacial score (nSPS) is 14.1.